The first kappa shape index (κ1) is 25.3. The maximum Gasteiger partial charge on any atom is 0.191 e. The lowest BCUT2D eigenvalue weighted by atomic mass is 10.1. The van der Waals surface area contributed by atoms with Crippen molar-refractivity contribution in [1.29, 1.82) is 0 Å². The highest BCUT2D eigenvalue weighted by Crippen LogP contribution is 2.24. The summed E-state index contributed by atoms with van der Waals surface area (Å²) in [6, 6.07) is 6.40. The fourth-order valence-corrected chi connectivity index (χ4v) is 3.86. The molecule has 1 aliphatic heterocycles. The largest absolute Gasteiger partial charge is 0.497 e. The highest BCUT2D eigenvalue weighted by Gasteiger charge is 2.23. The van der Waals surface area contributed by atoms with Gasteiger partial charge in [-0.2, -0.15) is 0 Å². The number of hydrogen-bond acceptors (Lipinski definition) is 6. The zero-order valence-electron chi connectivity index (χ0n) is 19.0. The molecule has 8 nitrogen and oxygen atoms in total. The van der Waals surface area contributed by atoms with Gasteiger partial charge in [-0.3, -0.25) is 9.89 Å². The van der Waals surface area contributed by atoms with Gasteiger partial charge in [-0.15, -0.1) is 24.0 Å². The summed E-state index contributed by atoms with van der Waals surface area (Å²) in [6.45, 7) is 7.57. The van der Waals surface area contributed by atoms with Crippen molar-refractivity contribution in [3.8, 4) is 11.5 Å². The zero-order chi connectivity index (χ0) is 21.5. The molecule has 0 saturated carbocycles. The third kappa shape index (κ3) is 6.99. The first-order valence-electron chi connectivity index (χ1n) is 10.4. The number of methoxy groups -OCH3 is 2. The molecule has 31 heavy (non-hydrogen) atoms. The van der Waals surface area contributed by atoms with Crippen molar-refractivity contribution in [3.63, 3.8) is 0 Å². The van der Waals surface area contributed by atoms with E-state index in [0.717, 1.165) is 67.9 Å². The molecule has 3 rings (SSSR count). The predicted octanol–water partition coefficient (Wildman–Crippen LogP) is 2.91. The summed E-state index contributed by atoms with van der Waals surface area (Å²) < 4.78 is 16.0. The van der Waals surface area contributed by atoms with E-state index in [1.165, 1.54) is 11.1 Å². The van der Waals surface area contributed by atoms with Gasteiger partial charge in [0.25, 0.3) is 0 Å². The van der Waals surface area contributed by atoms with E-state index in [1.807, 2.05) is 19.9 Å². The Hall–Kier alpha value is -2.01. The van der Waals surface area contributed by atoms with Gasteiger partial charge in [0.1, 0.15) is 17.3 Å². The standard InChI is InChI=1S/C22H33N5O3.HI/c1-15-21(16(2)30-26-15)6-8-24-22(23-3)25-18-7-9-27(14-18)13-17-10-19(28-4)12-20(11-17)29-5;/h10-12,18H,6-9,13-14H2,1-5H3,(H2,23,24,25);1H. The maximum atomic E-state index is 5.38. The highest BCUT2D eigenvalue weighted by atomic mass is 127. The van der Waals surface area contributed by atoms with Crippen LogP contribution in [-0.4, -0.2) is 63.0 Å². The molecule has 1 aromatic carbocycles. The summed E-state index contributed by atoms with van der Waals surface area (Å²) in [4.78, 5) is 6.81. The van der Waals surface area contributed by atoms with Gasteiger partial charge in [0.2, 0.25) is 0 Å². The Kier molecular flexibility index (Phi) is 9.89. The number of ether oxygens (including phenoxy) is 2. The molecule has 1 aromatic heterocycles. The van der Waals surface area contributed by atoms with Gasteiger partial charge in [0.05, 0.1) is 19.9 Å². The summed E-state index contributed by atoms with van der Waals surface area (Å²) in [7, 11) is 5.16. The molecule has 9 heteroatoms. The second-order valence-electron chi connectivity index (χ2n) is 7.64. The molecule has 1 aliphatic rings. The van der Waals surface area contributed by atoms with Crippen LogP contribution >= 0.6 is 24.0 Å². The smallest absolute Gasteiger partial charge is 0.191 e. The van der Waals surface area contributed by atoms with Crippen LogP contribution in [-0.2, 0) is 13.0 Å². The number of aliphatic imine (C=N–C) groups is 1. The van der Waals surface area contributed by atoms with E-state index in [4.69, 9.17) is 14.0 Å². The minimum Gasteiger partial charge on any atom is -0.497 e. The van der Waals surface area contributed by atoms with Crippen molar-refractivity contribution in [2.45, 2.75) is 39.3 Å². The molecule has 0 spiro atoms. The van der Waals surface area contributed by atoms with E-state index in [1.54, 1.807) is 21.3 Å². The molecule has 0 aliphatic carbocycles. The maximum absolute atomic E-state index is 5.38. The number of nitrogens with zero attached hydrogens (tertiary/aromatic N) is 3. The van der Waals surface area contributed by atoms with E-state index >= 15 is 0 Å². The van der Waals surface area contributed by atoms with Crippen LogP contribution in [0, 0.1) is 13.8 Å². The second-order valence-corrected chi connectivity index (χ2v) is 7.64. The molecule has 0 bridgehead atoms. The minimum atomic E-state index is 0. The van der Waals surface area contributed by atoms with Crippen molar-refractivity contribution in [1.82, 2.24) is 20.7 Å². The van der Waals surface area contributed by atoms with Crippen molar-refractivity contribution in [2.75, 3.05) is 40.9 Å². The Morgan fingerprint density at radius 2 is 1.94 bits per heavy atom. The molecule has 2 aromatic rings. The predicted molar refractivity (Wildman–Crippen MR) is 133 cm³/mol. The summed E-state index contributed by atoms with van der Waals surface area (Å²) in [6.07, 6.45) is 1.93. The van der Waals surface area contributed by atoms with Gasteiger partial charge in [-0.05, 0) is 44.4 Å². The third-order valence-corrected chi connectivity index (χ3v) is 5.50. The van der Waals surface area contributed by atoms with Gasteiger partial charge in [0, 0.05) is 50.9 Å². The second kappa shape index (κ2) is 12.1. The first-order chi connectivity index (χ1) is 14.5. The number of nitrogens with one attached hydrogen (secondary N) is 2. The minimum absolute atomic E-state index is 0. The van der Waals surface area contributed by atoms with Crippen LogP contribution in [0.25, 0.3) is 0 Å². The average molecular weight is 543 g/mol. The molecule has 0 amide bonds. The molecule has 1 unspecified atom stereocenters. The number of aromatic nitrogens is 1. The Morgan fingerprint density at radius 1 is 1.23 bits per heavy atom. The van der Waals surface area contributed by atoms with E-state index < -0.39 is 0 Å². The van der Waals surface area contributed by atoms with Crippen LogP contribution in [0.5, 0.6) is 11.5 Å². The van der Waals surface area contributed by atoms with Gasteiger partial charge >= 0.3 is 0 Å². The molecule has 2 N–H and O–H groups in total. The van der Waals surface area contributed by atoms with Crippen molar-refractivity contribution in [2.24, 2.45) is 4.99 Å². The Morgan fingerprint density at radius 3 is 2.52 bits per heavy atom. The number of aryl methyl sites for hydroxylation is 2. The molecular weight excluding hydrogens is 509 g/mol. The SMILES string of the molecule is CN=C(NCCc1c(C)noc1C)NC1CCN(Cc2cc(OC)cc(OC)c2)C1.I. The fourth-order valence-electron chi connectivity index (χ4n) is 3.86. The molecule has 1 fully saturated rings. The molecule has 1 atom stereocenters. The van der Waals surface area contributed by atoms with E-state index in [9.17, 15) is 0 Å². The van der Waals surface area contributed by atoms with Crippen LogP contribution < -0.4 is 20.1 Å². The summed E-state index contributed by atoms with van der Waals surface area (Å²) in [5, 5.41) is 11.0. The van der Waals surface area contributed by atoms with E-state index in [-0.39, 0.29) is 24.0 Å². The van der Waals surface area contributed by atoms with Crippen LogP contribution in [0.4, 0.5) is 0 Å². The number of hydrogen-bond donors (Lipinski definition) is 2. The summed E-state index contributed by atoms with van der Waals surface area (Å²) in [5.41, 5.74) is 3.31. The number of guanidine groups is 1. The zero-order valence-corrected chi connectivity index (χ0v) is 21.4. The molecule has 2 heterocycles. The van der Waals surface area contributed by atoms with Crippen molar-refractivity contribution in [3.05, 3.63) is 40.8 Å². The van der Waals surface area contributed by atoms with Crippen molar-refractivity contribution < 1.29 is 14.0 Å². The first-order valence-corrected chi connectivity index (χ1v) is 10.4. The summed E-state index contributed by atoms with van der Waals surface area (Å²) in [5.74, 6) is 3.36. The molecule has 1 saturated heterocycles. The number of benzene rings is 1. The lowest BCUT2D eigenvalue weighted by Gasteiger charge is -2.19. The fraction of sp³-hybridized carbons (Fsp3) is 0.545. The Bertz CT molecular complexity index is 829. The van der Waals surface area contributed by atoms with Gasteiger partial charge < -0.3 is 24.6 Å². The molecule has 0 radical (unpaired) electrons. The lowest BCUT2D eigenvalue weighted by molar-refractivity contribution is 0.321. The van der Waals surface area contributed by atoms with Crippen LogP contribution in [0.2, 0.25) is 0 Å². The third-order valence-electron chi connectivity index (χ3n) is 5.50. The van der Waals surface area contributed by atoms with Crippen LogP contribution in [0.1, 0.15) is 29.0 Å². The van der Waals surface area contributed by atoms with Gasteiger partial charge in [-0.25, -0.2) is 0 Å². The Balaban J connectivity index is 0.00000341. The summed E-state index contributed by atoms with van der Waals surface area (Å²) >= 11 is 0. The highest BCUT2D eigenvalue weighted by molar-refractivity contribution is 14.0. The van der Waals surface area contributed by atoms with E-state index in [0.29, 0.717) is 6.04 Å². The quantitative estimate of drug-likeness (QED) is 0.301. The van der Waals surface area contributed by atoms with Gasteiger partial charge in [-0.1, -0.05) is 5.16 Å². The average Bonchev–Trinajstić information content (AvgIpc) is 3.33. The van der Waals surface area contributed by atoms with Crippen LogP contribution in [0.15, 0.2) is 27.7 Å². The number of likely N-dealkylation sites (tertiary alicyclic amines) is 1. The Labute approximate surface area is 201 Å². The number of halogens is 1. The molecular formula is C22H34IN5O3. The van der Waals surface area contributed by atoms with E-state index in [2.05, 4.69) is 37.8 Å². The monoisotopic (exact) mass is 543 g/mol. The topological polar surface area (TPSA) is 84.2 Å². The molecule has 172 valence electrons. The normalized spacial score (nSPS) is 16.7. The van der Waals surface area contributed by atoms with Crippen molar-refractivity contribution >= 4 is 29.9 Å². The lowest BCUT2D eigenvalue weighted by Crippen LogP contribution is -2.45. The van der Waals surface area contributed by atoms with Crippen LogP contribution in [0.3, 0.4) is 0 Å². The number of rotatable bonds is 8. The van der Waals surface area contributed by atoms with Gasteiger partial charge in [0.15, 0.2) is 5.96 Å².